The van der Waals surface area contributed by atoms with Crippen LogP contribution in [0.5, 0.6) is 0 Å². The van der Waals surface area contributed by atoms with E-state index in [9.17, 15) is 19.5 Å². The molecule has 4 rings (SSSR count). The maximum atomic E-state index is 14.3. The molecule has 3 amide bonds. The third kappa shape index (κ3) is 5.50. The Morgan fingerprint density at radius 3 is 2.21 bits per heavy atom. The van der Waals surface area contributed by atoms with Crippen LogP contribution in [0.15, 0.2) is 91.4 Å². The van der Waals surface area contributed by atoms with E-state index in [4.69, 9.17) is 0 Å². The van der Waals surface area contributed by atoms with Crippen molar-refractivity contribution < 1.29 is 19.5 Å². The second-order valence-electron chi connectivity index (χ2n) is 9.56. The number of amides is 3. The summed E-state index contributed by atoms with van der Waals surface area (Å²) >= 11 is 0. The molecular weight excluding hydrogens is 480 g/mol. The summed E-state index contributed by atoms with van der Waals surface area (Å²) in [5, 5.41) is 13.1. The fourth-order valence-electron chi connectivity index (χ4n) is 4.76. The van der Waals surface area contributed by atoms with Crippen LogP contribution >= 0.6 is 0 Å². The van der Waals surface area contributed by atoms with Gasteiger partial charge in [0, 0.05) is 31.1 Å². The summed E-state index contributed by atoms with van der Waals surface area (Å²) in [6.07, 6.45) is 5.02. The van der Waals surface area contributed by atoms with Crippen LogP contribution < -0.4 is 0 Å². The highest BCUT2D eigenvalue weighted by Crippen LogP contribution is 2.33. The number of aliphatic hydroxyl groups excluding tert-OH is 1. The van der Waals surface area contributed by atoms with Crippen LogP contribution in [0.1, 0.15) is 42.3 Å². The molecule has 3 aromatic rings. The zero-order valence-electron chi connectivity index (χ0n) is 21.8. The van der Waals surface area contributed by atoms with Gasteiger partial charge in [-0.15, -0.1) is 0 Å². The van der Waals surface area contributed by atoms with E-state index in [-0.39, 0.29) is 18.4 Å². The fraction of sp³-hybridized carbons (Fsp3) is 0.267. The van der Waals surface area contributed by atoms with Gasteiger partial charge in [0.15, 0.2) is 0 Å². The highest BCUT2D eigenvalue weighted by atomic mass is 16.3. The number of aromatic nitrogens is 1. The van der Waals surface area contributed by atoms with Crippen LogP contribution in [0.4, 0.5) is 0 Å². The number of benzene rings is 2. The normalized spacial score (nSPS) is 16.3. The topological polar surface area (TPSA) is 94.0 Å². The molecule has 8 nitrogen and oxygen atoms in total. The molecule has 2 heterocycles. The smallest absolute Gasteiger partial charge is 0.269 e. The van der Waals surface area contributed by atoms with Crippen molar-refractivity contribution in [1.82, 2.24) is 19.9 Å². The Morgan fingerprint density at radius 1 is 1.00 bits per heavy atom. The standard InChI is InChI=1S/C30H32N4O4/c1-21(2)28-30(38)34(33(22(3)36)26(20-35)17-23-11-6-4-7-12-23)27(24-13-8-5-9-14-24)19-32(28)29(37)25-15-10-16-31-18-25/h4-16,18-19,21,26,28,35H,17,20H2,1-3H3/t26-,28+/m0/s1. The van der Waals surface area contributed by atoms with Crippen LogP contribution in [-0.4, -0.2) is 61.4 Å². The lowest BCUT2D eigenvalue weighted by molar-refractivity contribution is -0.165. The van der Waals surface area contributed by atoms with Crippen LogP contribution in [0.25, 0.3) is 5.70 Å². The largest absolute Gasteiger partial charge is 0.394 e. The second kappa shape index (κ2) is 11.8. The lowest BCUT2D eigenvalue weighted by atomic mass is 9.97. The van der Waals surface area contributed by atoms with Crippen LogP contribution in [0.2, 0.25) is 0 Å². The van der Waals surface area contributed by atoms with Gasteiger partial charge in [0.2, 0.25) is 5.91 Å². The summed E-state index contributed by atoms with van der Waals surface area (Å²) in [5.41, 5.74) is 2.28. The Morgan fingerprint density at radius 2 is 1.66 bits per heavy atom. The number of hydrogen-bond acceptors (Lipinski definition) is 5. The molecule has 1 aliphatic heterocycles. The van der Waals surface area contributed by atoms with E-state index in [2.05, 4.69) is 4.98 Å². The molecule has 38 heavy (non-hydrogen) atoms. The Labute approximate surface area is 222 Å². The van der Waals surface area contributed by atoms with Gasteiger partial charge in [0.25, 0.3) is 11.8 Å². The van der Waals surface area contributed by atoms with E-state index in [1.54, 1.807) is 24.5 Å². The first-order chi connectivity index (χ1) is 18.3. The van der Waals surface area contributed by atoms with Crippen molar-refractivity contribution in [2.24, 2.45) is 5.92 Å². The van der Waals surface area contributed by atoms with Crippen molar-refractivity contribution in [2.45, 2.75) is 39.3 Å². The maximum absolute atomic E-state index is 14.3. The molecule has 1 aliphatic rings. The second-order valence-corrected chi connectivity index (χ2v) is 9.56. The molecule has 0 radical (unpaired) electrons. The molecule has 8 heteroatoms. The first-order valence-electron chi connectivity index (χ1n) is 12.6. The summed E-state index contributed by atoms with van der Waals surface area (Å²) in [5.74, 6) is -1.46. The first-order valence-corrected chi connectivity index (χ1v) is 12.6. The number of aliphatic hydroxyl groups is 1. The molecule has 1 aromatic heterocycles. The predicted octanol–water partition coefficient (Wildman–Crippen LogP) is 3.76. The van der Waals surface area contributed by atoms with Crippen LogP contribution in [0.3, 0.4) is 0 Å². The van der Waals surface area contributed by atoms with Gasteiger partial charge in [0.05, 0.1) is 23.9 Å². The van der Waals surface area contributed by atoms with E-state index in [0.29, 0.717) is 23.2 Å². The van der Waals surface area contributed by atoms with E-state index in [1.165, 1.54) is 28.0 Å². The summed E-state index contributed by atoms with van der Waals surface area (Å²) in [4.78, 5) is 46.6. The van der Waals surface area contributed by atoms with Gasteiger partial charge in [-0.25, -0.2) is 10.0 Å². The Hall–Kier alpha value is -4.30. The third-order valence-corrected chi connectivity index (χ3v) is 6.50. The molecule has 0 spiro atoms. The molecule has 2 aromatic carbocycles. The SMILES string of the molecule is CC(=O)N([C@H](CO)Cc1ccccc1)N1C(=O)[C@@H](C(C)C)N(C(=O)c2cccnc2)C=C1c1ccccc1. The van der Waals surface area contributed by atoms with E-state index >= 15 is 0 Å². The molecule has 0 aliphatic carbocycles. The zero-order valence-corrected chi connectivity index (χ0v) is 21.8. The van der Waals surface area contributed by atoms with Gasteiger partial charge in [0.1, 0.15) is 6.04 Å². The summed E-state index contributed by atoms with van der Waals surface area (Å²) in [7, 11) is 0. The van der Waals surface area contributed by atoms with Gasteiger partial charge >= 0.3 is 0 Å². The molecular formula is C30H32N4O4. The molecule has 1 N–H and O–H groups in total. The number of carbonyl (C=O) groups excluding carboxylic acids is 3. The van der Waals surface area contributed by atoms with E-state index in [1.807, 2.05) is 74.5 Å². The van der Waals surface area contributed by atoms with Crippen molar-refractivity contribution in [3.05, 3.63) is 108 Å². The molecule has 0 bridgehead atoms. The van der Waals surface area contributed by atoms with Gasteiger partial charge in [-0.05, 0) is 30.0 Å². The Balaban J connectivity index is 1.87. The van der Waals surface area contributed by atoms with E-state index in [0.717, 1.165) is 5.56 Å². The van der Waals surface area contributed by atoms with Crippen LogP contribution in [-0.2, 0) is 16.0 Å². The van der Waals surface area contributed by atoms with Crippen molar-refractivity contribution in [3.8, 4) is 0 Å². The summed E-state index contributed by atoms with van der Waals surface area (Å²) in [6, 6.07) is 20.4. The highest BCUT2D eigenvalue weighted by molar-refractivity contribution is 6.03. The molecule has 0 saturated carbocycles. The van der Waals surface area contributed by atoms with Crippen molar-refractivity contribution in [1.29, 1.82) is 0 Å². The zero-order chi connectivity index (χ0) is 27.2. The van der Waals surface area contributed by atoms with Crippen molar-refractivity contribution in [3.63, 3.8) is 0 Å². The minimum Gasteiger partial charge on any atom is -0.394 e. The van der Waals surface area contributed by atoms with Gasteiger partial charge in [-0.1, -0.05) is 74.5 Å². The molecule has 0 fully saturated rings. The van der Waals surface area contributed by atoms with Crippen LogP contribution in [0, 0.1) is 5.92 Å². The average molecular weight is 513 g/mol. The van der Waals surface area contributed by atoms with Crippen molar-refractivity contribution >= 4 is 23.4 Å². The quantitative estimate of drug-likeness (QED) is 0.496. The molecule has 2 atom stereocenters. The Kier molecular flexibility index (Phi) is 8.33. The third-order valence-electron chi connectivity index (χ3n) is 6.50. The monoisotopic (exact) mass is 512 g/mol. The molecule has 196 valence electrons. The average Bonchev–Trinajstić information content (AvgIpc) is 2.93. The first kappa shape index (κ1) is 26.8. The Bertz CT molecular complexity index is 1300. The lowest BCUT2D eigenvalue weighted by Gasteiger charge is -2.47. The number of hydrogen-bond donors (Lipinski definition) is 1. The number of hydrazine groups is 1. The predicted molar refractivity (Wildman–Crippen MR) is 144 cm³/mol. The van der Waals surface area contributed by atoms with Gasteiger partial charge in [-0.2, -0.15) is 0 Å². The number of nitrogens with zero attached hydrogens (tertiary/aromatic N) is 4. The van der Waals surface area contributed by atoms with Crippen molar-refractivity contribution in [2.75, 3.05) is 6.61 Å². The maximum Gasteiger partial charge on any atom is 0.269 e. The van der Waals surface area contributed by atoms with Gasteiger partial charge in [-0.3, -0.25) is 24.3 Å². The number of carbonyl (C=O) groups is 3. The van der Waals surface area contributed by atoms with E-state index < -0.39 is 23.9 Å². The van der Waals surface area contributed by atoms with Gasteiger partial charge < -0.3 is 5.11 Å². The molecule has 0 unspecified atom stereocenters. The number of pyridine rings is 1. The minimum absolute atomic E-state index is 0.269. The summed E-state index contributed by atoms with van der Waals surface area (Å²) in [6.45, 7) is 4.74. The molecule has 0 saturated heterocycles. The lowest BCUT2D eigenvalue weighted by Crippen LogP contribution is -2.62. The minimum atomic E-state index is -0.881. The highest BCUT2D eigenvalue weighted by Gasteiger charge is 2.45. The fourth-order valence-corrected chi connectivity index (χ4v) is 4.76. The number of rotatable bonds is 8. The summed E-state index contributed by atoms with van der Waals surface area (Å²) < 4.78 is 0.